The number of amides is 1. The van der Waals surface area contributed by atoms with Crippen molar-refractivity contribution >= 4 is 5.91 Å². The molecule has 4 heteroatoms. The summed E-state index contributed by atoms with van der Waals surface area (Å²) in [5.41, 5.74) is 1.87. The van der Waals surface area contributed by atoms with Crippen molar-refractivity contribution in [2.75, 3.05) is 0 Å². The highest BCUT2D eigenvalue weighted by atomic mass is 16.2. The summed E-state index contributed by atoms with van der Waals surface area (Å²) in [5.74, 6) is 0.694. The largest absolute Gasteiger partial charge is 0.347 e. The minimum Gasteiger partial charge on any atom is -0.347 e. The number of aromatic nitrogens is 2. The van der Waals surface area contributed by atoms with Crippen molar-refractivity contribution < 1.29 is 4.79 Å². The lowest BCUT2D eigenvalue weighted by atomic mass is 9.68. The third-order valence-corrected chi connectivity index (χ3v) is 5.48. The molecular weight excluding hydrogens is 238 g/mol. The minimum absolute atomic E-state index is 0.0452. The number of fused-ring (bicyclic) bond motifs is 2. The molecule has 1 amide bonds. The van der Waals surface area contributed by atoms with E-state index in [9.17, 15) is 4.79 Å². The first kappa shape index (κ1) is 12.7. The van der Waals surface area contributed by atoms with Gasteiger partial charge < -0.3 is 5.32 Å². The van der Waals surface area contributed by atoms with E-state index in [-0.39, 0.29) is 22.8 Å². The zero-order chi connectivity index (χ0) is 13.8. The Morgan fingerprint density at radius 1 is 1.47 bits per heavy atom. The van der Waals surface area contributed by atoms with Gasteiger partial charge in [0.05, 0.1) is 0 Å². The zero-order valence-corrected chi connectivity index (χ0v) is 12.2. The normalized spacial score (nSPS) is 35.6. The molecule has 0 aliphatic heterocycles. The fraction of sp³-hybridized carbons (Fsp3) is 0.733. The standard InChI is InChI=1S/C15H23N3O/c1-9-7-11(18-17-9)12(19)16-13-14(2,3)10-5-6-15(13,4)8-10/h7,10,13H,5-6,8H2,1-4H3,(H,16,19)(H,17,18). The first-order chi connectivity index (χ1) is 8.83. The Morgan fingerprint density at radius 3 is 2.74 bits per heavy atom. The summed E-state index contributed by atoms with van der Waals surface area (Å²) in [6.07, 6.45) is 3.77. The van der Waals surface area contributed by atoms with E-state index in [1.807, 2.05) is 6.92 Å². The zero-order valence-electron chi connectivity index (χ0n) is 12.2. The van der Waals surface area contributed by atoms with Crippen LogP contribution in [0.3, 0.4) is 0 Å². The predicted molar refractivity (Wildman–Crippen MR) is 73.8 cm³/mol. The number of carbonyl (C=O) groups is 1. The molecule has 2 aliphatic rings. The SMILES string of the molecule is Cc1cc(C(=O)NC2C3(C)CCC(C3)C2(C)C)n[nH]1. The van der Waals surface area contributed by atoms with E-state index in [0.717, 1.165) is 11.6 Å². The molecular formula is C15H23N3O. The van der Waals surface area contributed by atoms with Crippen LogP contribution >= 0.6 is 0 Å². The van der Waals surface area contributed by atoms with Gasteiger partial charge in [-0.15, -0.1) is 0 Å². The summed E-state index contributed by atoms with van der Waals surface area (Å²) < 4.78 is 0. The van der Waals surface area contributed by atoms with Crippen molar-refractivity contribution in [3.8, 4) is 0 Å². The molecule has 0 saturated heterocycles. The number of nitrogens with one attached hydrogen (secondary N) is 2. The Bertz CT molecular complexity index is 514. The maximum atomic E-state index is 12.3. The lowest BCUT2D eigenvalue weighted by molar-refractivity contribution is 0.0733. The minimum atomic E-state index is -0.0452. The predicted octanol–water partition coefficient (Wildman–Crippen LogP) is 2.66. The molecule has 0 aromatic carbocycles. The molecule has 1 aromatic heterocycles. The highest BCUT2D eigenvalue weighted by Crippen LogP contribution is 2.62. The van der Waals surface area contributed by atoms with Gasteiger partial charge >= 0.3 is 0 Å². The van der Waals surface area contributed by atoms with E-state index < -0.39 is 0 Å². The van der Waals surface area contributed by atoms with Crippen molar-refractivity contribution in [1.82, 2.24) is 15.5 Å². The van der Waals surface area contributed by atoms with E-state index >= 15 is 0 Å². The number of nitrogens with zero attached hydrogens (tertiary/aromatic N) is 1. The number of hydrogen-bond acceptors (Lipinski definition) is 2. The third-order valence-electron chi connectivity index (χ3n) is 5.48. The molecule has 104 valence electrons. The molecule has 1 aromatic rings. The molecule has 2 N–H and O–H groups in total. The van der Waals surface area contributed by atoms with E-state index in [1.165, 1.54) is 19.3 Å². The molecule has 0 spiro atoms. The molecule has 3 unspecified atom stereocenters. The monoisotopic (exact) mass is 261 g/mol. The number of aryl methyl sites for hydroxylation is 1. The van der Waals surface area contributed by atoms with Gasteiger partial charge in [-0.1, -0.05) is 20.8 Å². The maximum absolute atomic E-state index is 12.3. The van der Waals surface area contributed by atoms with E-state index in [2.05, 4.69) is 36.3 Å². The number of rotatable bonds is 2. The van der Waals surface area contributed by atoms with Gasteiger partial charge in [-0.25, -0.2) is 0 Å². The number of aromatic amines is 1. The smallest absolute Gasteiger partial charge is 0.272 e. The first-order valence-corrected chi connectivity index (χ1v) is 7.16. The van der Waals surface area contributed by atoms with Gasteiger partial charge in [0.15, 0.2) is 0 Å². The fourth-order valence-electron chi connectivity index (χ4n) is 4.40. The fourth-order valence-corrected chi connectivity index (χ4v) is 4.40. The summed E-state index contributed by atoms with van der Waals surface area (Å²) in [4.78, 5) is 12.3. The molecule has 2 saturated carbocycles. The Hall–Kier alpha value is -1.32. The van der Waals surface area contributed by atoms with Crippen LogP contribution in [0.4, 0.5) is 0 Å². The van der Waals surface area contributed by atoms with Crippen LogP contribution < -0.4 is 5.32 Å². The molecule has 2 bridgehead atoms. The van der Waals surface area contributed by atoms with Crippen LogP contribution in [-0.2, 0) is 0 Å². The van der Waals surface area contributed by atoms with Crippen molar-refractivity contribution in [3.05, 3.63) is 17.5 Å². The molecule has 2 aliphatic carbocycles. The van der Waals surface area contributed by atoms with Gasteiger partial charge in [-0.3, -0.25) is 9.89 Å². The van der Waals surface area contributed by atoms with Crippen LogP contribution in [0.1, 0.15) is 56.2 Å². The topological polar surface area (TPSA) is 57.8 Å². The van der Waals surface area contributed by atoms with Gasteiger partial charge in [0.1, 0.15) is 5.69 Å². The summed E-state index contributed by atoms with van der Waals surface area (Å²) >= 11 is 0. The van der Waals surface area contributed by atoms with Crippen molar-refractivity contribution in [2.45, 2.75) is 53.0 Å². The first-order valence-electron chi connectivity index (χ1n) is 7.16. The van der Waals surface area contributed by atoms with Crippen molar-refractivity contribution in [1.29, 1.82) is 0 Å². The number of carbonyl (C=O) groups excluding carboxylic acids is 1. The second-order valence-corrected chi connectivity index (χ2v) is 7.26. The lowest BCUT2D eigenvalue weighted by Gasteiger charge is -2.42. The van der Waals surface area contributed by atoms with Gasteiger partial charge in [0.2, 0.25) is 0 Å². The molecule has 0 radical (unpaired) electrons. The molecule has 19 heavy (non-hydrogen) atoms. The molecule has 2 fully saturated rings. The Kier molecular flexibility index (Phi) is 2.57. The Labute approximate surface area is 114 Å². The quantitative estimate of drug-likeness (QED) is 0.860. The van der Waals surface area contributed by atoms with Gasteiger partial charge in [0, 0.05) is 11.7 Å². The molecule has 1 heterocycles. The average Bonchev–Trinajstić information content (AvgIpc) is 2.96. The van der Waals surface area contributed by atoms with Crippen LogP contribution in [0.2, 0.25) is 0 Å². The number of hydrogen-bond donors (Lipinski definition) is 2. The average molecular weight is 261 g/mol. The summed E-state index contributed by atoms with van der Waals surface area (Å²) in [5, 5.41) is 10.1. The van der Waals surface area contributed by atoms with Gasteiger partial charge in [-0.2, -0.15) is 5.10 Å². The third kappa shape index (κ3) is 1.80. The number of H-pyrrole nitrogens is 1. The maximum Gasteiger partial charge on any atom is 0.272 e. The highest BCUT2D eigenvalue weighted by Gasteiger charge is 2.59. The van der Waals surface area contributed by atoms with Crippen LogP contribution in [0.5, 0.6) is 0 Å². The van der Waals surface area contributed by atoms with Crippen LogP contribution in [-0.4, -0.2) is 22.1 Å². The van der Waals surface area contributed by atoms with Crippen LogP contribution in [0.15, 0.2) is 6.07 Å². The van der Waals surface area contributed by atoms with E-state index in [0.29, 0.717) is 5.69 Å². The van der Waals surface area contributed by atoms with Gasteiger partial charge in [0.25, 0.3) is 5.91 Å². The summed E-state index contributed by atoms with van der Waals surface area (Å²) in [6.45, 7) is 8.82. The lowest BCUT2D eigenvalue weighted by Crippen LogP contribution is -2.52. The second-order valence-electron chi connectivity index (χ2n) is 7.26. The molecule has 4 nitrogen and oxygen atoms in total. The Balaban J connectivity index is 1.81. The van der Waals surface area contributed by atoms with Crippen molar-refractivity contribution in [2.24, 2.45) is 16.7 Å². The van der Waals surface area contributed by atoms with Crippen LogP contribution in [0, 0.1) is 23.7 Å². The van der Waals surface area contributed by atoms with E-state index in [1.54, 1.807) is 6.07 Å². The van der Waals surface area contributed by atoms with E-state index in [4.69, 9.17) is 0 Å². The van der Waals surface area contributed by atoms with Gasteiger partial charge in [-0.05, 0) is 49.0 Å². The van der Waals surface area contributed by atoms with Crippen molar-refractivity contribution in [3.63, 3.8) is 0 Å². The second kappa shape index (κ2) is 3.84. The Morgan fingerprint density at radius 2 is 2.21 bits per heavy atom. The highest BCUT2D eigenvalue weighted by molar-refractivity contribution is 5.92. The summed E-state index contributed by atoms with van der Waals surface area (Å²) in [6, 6.07) is 2.06. The summed E-state index contributed by atoms with van der Waals surface area (Å²) in [7, 11) is 0. The van der Waals surface area contributed by atoms with Crippen LogP contribution in [0.25, 0.3) is 0 Å². The molecule has 3 rings (SSSR count). The molecule has 3 atom stereocenters.